The third-order valence-electron chi connectivity index (χ3n) is 3.28. The first-order valence-corrected chi connectivity index (χ1v) is 7.91. The van der Waals surface area contributed by atoms with E-state index in [1.807, 2.05) is 29.9 Å². The third kappa shape index (κ3) is 3.34. The number of carbonyl (C=O) groups excluding carboxylic acids is 1. The first-order valence-electron chi connectivity index (χ1n) is 7.03. The number of nitrogens with zero attached hydrogens (tertiary/aromatic N) is 3. The zero-order valence-electron chi connectivity index (χ0n) is 12.1. The van der Waals surface area contributed by atoms with Crippen LogP contribution in [0.2, 0.25) is 0 Å². The maximum atomic E-state index is 12.3. The van der Waals surface area contributed by atoms with Gasteiger partial charge in [-0.1, -0.05) is 0 Å². The second-order valence-corrected chi connectivity index (χ2v) is 6.08. The monoisotopic (exact) mass is 319 g/mol. The highest BCUT2D eigenvalue weighted by molar-refractivity contribution is 7.13. The molecule has 0 saturated heterocycles. The fourth-order valence-corrected chi connectivity index (χ4v) is 2.73. The fourth-order valence-electron chi connectivity index (χ4n) is 2.11. The molecule has 0 unspecified atom stereocenters. The van der Waals surface area contributed by atoms with Gasteiger partial charge in [0.05, 0.1) is 18.3 Å². The van der Waals surface area contributed by atoms with Gasteiger partial charge in [0.15, 0.2) is 0 Å². The van der Waals surface area contributed by atoms with Gasteiger partial charge in [0.2, 0.25) is 0 Å². The van der Waals surface area contributed by atoms with Crippen molar-refractivity contribution in [3.05, 3.63) is 35.0 Å². The van der Waals surface area contributed by atoms with Crippen molar-refractivity contribution in [1.29, 1.82) is 0 Å². The smallest absolute Gasteiger partial charge is 0.269 e. The molecule has 2 heterocycles. The zero-order chi connectivity index (χ0) is 15.5. The van der Waals surface area contributed by atoms with Crippen LogP contribution >= 0.6 is 11.3 Å². The predicted octanol–water partition coefficient (Wildman–Crippen LogP) is 2.03. The highest BCUT2D eigenvalue weighted by Gasteiger charge is 2.29. The first-order chi connectivity index (χ1) is 10.7. The van der Waals surface area contributed by atoms with Crippen molar-refractivity contribution in [2.75, 3.05) is 6.54 Å². The van der Waals surface area contributed by atoms with E-state index in [1.165, 1.54) is 11.3 Å². The summed E-state index contributed by atoms with van der Waals surface area (Å²) < 4.78 is 1.78. The standard InChI is InChI=1S/C14H17N5O2S/c1-9-7-11(19(17-9)10-4-5-10)14(20)15-8-12(18-21)16-13-3-2-6-22-13/h2-3,6-7,10,21H,4-5,8H2,1H3,(H,15,20)(H,16,18). The molecule has 0 bridgehead atoms. The Labute approximate surface area is 131 Å². The lowest BCUT2D eigenvalue weighted by molar-refractivity contribution is 0.0947. The van der Waals surface area contributed by atoms with Crippen LogP contribution in [-0.2, 0) is 0 Å². The van der Waals surface area contributed by atoms with Crippen LogP contribution in [0.5, 0.6) is 0 Å². The number of aromatic nitrogens is 2. The zero-order valence-corrected chi connectivity index (χ0v) is 12.9. The van der Waals surface area contributed by atoms with E-state index < -0.39 is 0 Å². The molecule has 3 N–H and O–H groups in total. The second-order valence-electron chi connectivity index (χ2n) is 5.15. The van der Waals surface area contributed by atoms with Gasteiger partial charge in [0, 0.05) is 0 Å². The number of amides is 1. The molecule has 7 nitrogen and oxygen atoms in total. The summed E-state index contributed by atoms with van der Waals surface area (Å²) in [4.78, 5) is 16.5. The van der Waals surface area contributed by atoms with Crippen molar-refractivity contribution in [2.45, 2.75) is 25.8 Å². The van der Waals surface area contributed by atoms with Gasteiger partial charge >= 0.3 is 0 Å². The predicted molar refractivity (Wildman–Crippen MR) is 83.9 cm³/mol. The van der Waals surface area contributed by atoms with Crippen molar-refractivity contribution in [1.82, 2.24) is 20.6 Å². The maximum Gasteiger partial charge on any atom is 0.269 e. The Kier molecular flexibility index (Phi) is 4.21. The number of rotatable bonds is 5. The number of aryl methyl sites for hydroxylation is 1. The number of hydrogen-bond donors (Lipinski definition) is 3. The van der Waals surface area contributed by atoms with Crippen LogP contribution in [-0.4, -0.2) is 33.3 Å². The van der Waals surface area contributed by atoms with E-state index in [9.17, 15) is 4.79 Å². The Morgan fingerprint density at radius 2 is 2.41 bits per heavy atom. The molecule has 22 heavy (non-hydrogen) atoms. The Morgan fingerprint density at radius 1 is 1.59 bits per heavy atom. The molecule has 1 fully saturated rings. The van der Waals surface area contributed by atoms with Gasteiger partial charge < -0.3 is 5.32 Å². The number of aliphatic imine (C=N–C) groups is 1. The number of amidine groups is 1. The minimum atomic E-state index is -0.221. The summed E-state index contributed by atoms with van der Waals surface area (Å²) in [5.41, 5.74) is 3.39. The van der Waals surface area contributed by atoms with Crippen LogP contribution in [0.25, 0.3) is 0 Å². The molecule has 1 saturated carbocycles. The van der Waals surface area contributed by atoms with E-state index in [0.717, 1.165) is 23.5 Å². The van der Waals surface area contributed by atoms with Crippen LogP contribution in [0.1, 0.15) is 35.1 Å². The van der Waals surface area contributed by atoms with Gasteiger partial charge in [0.1, 0.15) is 16.5 Å². The summed E-state index contributed by atoms with van der Waals surface area (Å²) in [7, 11) is 0. The third-order valence-corrected chi connectivity index (χ3v) is 4.04. The number of carbonyl (C=O) groups is 1. The van der Waals surface area contributed by atoms with Crippen LogP contribution in [0.4, 0.5) is 5.00 Å². The molecular weight excluding hydrogens is 302 g/mol. The first kappa shape index (κ1) is 14.7. The number of thiophene rings is 1. The van der Waals surface area contributed by atoms with Gasteiger partial charge in [-0.05, 0) is 43.3 Å². The van der Waals surface area contributed by atoms with Gasteiger partial charge in [0.25, 0.3) is 5.91 Å². The van der Waals surface area contributed by atoms with Crippen LogP contribution < -0.4 is 10.8 Å². The molecule has 1 aliphatic rings. The molecule has 0 aromatic carbocycles. The van der Waals surface area contributed by atoms with Crippen LogP contribution in [0, 0.1) is 6.92 Å². The molecule has 1 aliphatic carbocycles. The Hall–Kier alpha value is -2.19. The number of nitrogens with one attached hydrogen (secondary N) is 2. The van der Waals surface area contributed by atoms with Gasteiger partial charge in [-0.3, -0.25) is 20.2 Å². The molecule has 3 rings (SSSR count). The van der Waals surface area contributed by atoms with Crippen molar-refractivity contribution < 1.29 is 10.0 Å². The molecular formula is C14H17N5O2S. The molecule has 8 heteroatoms. The molecule has 0 atom stereocenters. The number of hydroxylamine groups is 1. The van der Waals surface area contributed by atoms with Gasteiger partial charge in [-0.15, -0.1) is 11.3 Å². The van der Waals surface area contributed by atoms with E-state index >= 15 is 0 Å². The Balaban J connectivity index is 1.66. The summed E-state index contributed by atoms with van der Waals surface area (Å²) >= 11 is 1.45. The summed E-state index contributed by atoms with van der Waals surface area (Å²) in [6, 6.07) is 5.81. The highest BCUT2D eigenvalue weighted by Crippen LogP contribution is 2.35. The van der Waals surface area contributed by atoms with E-state index in [2.05, 4.69) is 15.4 Å². The van der Waals surface area contributed by atoms with Crippen molar-refractivity contribution in [3.63, 3.8) is 0 Å². The minimum Gasteiger partial charge on any atom is -0.343 e. The molecule has 0 spiro atoms. The fraction of sp³-hybridized carbons (Fsp3) is 0.357. The number of hydrogen-bond acceptors (Lipinski definition) is 5. The van der Waals surface area contributed by atoms with Gasteiger partial charge in [-0.2, -0.15) is 5.10 Å². The average molecular weight is 319 g/mol. The molecule has 0 radical (unpaired) electrons. The van der Waals surface area contributed by atoms with Gasteiger partial charge in [-0.25, -0.2) is 4.99 Å². The maximum absolute atomic E-state index is 12.3. The van der Waals surface area contributed by atoms with Crippen LogP contribution in [0.3, 0.4) is 0 Å². The SMILES string of the molecule is Cc1cc(C(=O)NCC(=Nc2cccs2)NO)n(C2CC2)n1. The highest BCUT2D eigenvalue weighted by atomic mass is 32.1. The molecule has 0 aliphatic heterocycles. The quantitative estimate of drug-likeness (QED) is 0.447. The molecule has 1 amide bonds. The molecule has 116 valence electrons. The normalized spacial score (nSPS) is 14.9. The molecule has 2 aromatic rings. The lowest BCUT2D eigenvalue weighted by Gasteiger charge is -2.08. The summed E-state index contributed by atoms with van der Waals surface area (Å²) in [5.74, 6) is 0.0617. The van der Waals surface area contributed by atoms with E-state index in [4.69, 9.17) is 5.21 Å². The average Bonchev–Trinajstić information content (AvgIpc) is 3.09. The Bertz CT molecular complexity index is 688. The largest absolute Gasteiger partial charge is 0.343 e. The van der Waals surface area contributed by atoms with E-state index in [1.54, 1.807) is 10.7 Å². The summed E-state index contributed by atoms with van der Waals surface area (Å²) in [6.45, 7) is 1.98. The Morgan fingerprint density at radius 3 is 3.05 bits per heavy atom. The van der Waals surface area contributed by atoms with E-state index in [-0.39, 0.29) is 18.3 Å². The lowest BCUT2D eigenvalue weighted by Crippen LogP contribution is -2.36. The molecule has 2 aromatic heterocycles. The lowest BCUT2D eigenvalue weighted by atomic mass is 10.3. The van der Waals surface area contributed by atoms with E-state index in [0.29, 0.717) is 11.7 Å². The minimum absolute atomic E-state index is 0.113. The topological polar surface area (TPSA) is 91.5 Å². The summed E-state index contributed by atoms with van der Waals surface area (Å²) in [6.07, 6.45) is 2.12. The van der Waals surface area contributed by atoms with Crippen LogP contribution in [0.15, 0.2) is 28.6 Å². The van der Waals surface area contributed by atoms with Crippen molar-refractivity contribution >= 4 is 28.1 Å². The summed E-state index contributed by atoms with van der Waals surface area (Å²) in [5, 5.41) is 18.9. The van der Waals surface area contributed by atoms with Crippen molar-refractivity contribution in [2.24, 2.45) is 4.99 Å². The second kappa shape index (κ2) is 6.29. The van der Waals surface area contributed by atoms with Crippen molar-refractivity contribution in [3.8, 4) is 0 Å².